The molecule has 0 N–H and O–H groups in total. The molecular formula is C19H28O2. The van der Waals surface area contributed by atoms with Crippen LogP contribution in [0.4, 0.5) is 0 Å². The van der Waals surface area contributed by atoms with E-state index in [9.17, 15) is 4.79 Å². The molecule has 1 rings (SSSR count). The Kier molecular flexibility index (Phi) is 7.81. The smallest absolute Gasteiger partial charge is 0.333 e. The van der Waals surface area contributed by atoms with E-state index in [-0.39, 0.29) is 12.1 Å². The molecule has 116 valence electrons. The van der Waals surface area contributed by atoms with E-state index < -0.39 is 0 Å². The molecule has 1 atom stereocenters. The van der Waals surface area contributed by atoms with Gasteiger partial charge in [-0.15, -0.1) is 0 Å². The Labute approximate surface area is 129 Å². The summed E-state index contributed by atoms with van der Waals surface area (Å²) in [5.41, 5.74) is 2.84. The van der Waals surface area contributed by atoms with Crippen molar-refractivity contribution in [1.82, 2.24) is 0 Å². The Balaban J connectivity index is 2.73. The summed E-state index contributed by atoms with van der Waals surface area (Å²) >= 11 is 0. The third kappa shape index (κ3) is 6.16. The largest absolute Gasteiger partial charge is 0.454 e. The van der Waals surface area contributed by atoms with Gasteiger partial charge in [0.25, 0.3) is 0 Å². The molecule has 0 fully saturated rings. The van der Waals surface area contributed by atoms with Crippen molar-refractivity contribution in [2.24, 2.45) is 0 Å². The lowest BCUT2D eigenvalue weighted by atomic mass is 10.0. The van der Waals surface area contributed by atoms with E-state index in [1.54, 1.807) is 6.92 Å². The quantitative estimate of drug-likeness (QED) is 0.346. The number of ether oxygens (including phenoxy) is 1. The van der Waals surface area contributed by atoms with Crippen LogP contribution in [0.25, 0.3) is 0 Å². The van der Waals surface area contributed by atoms with Gasteiger partial charge in [-0.2, -0.15) is 0 Å². The lowest BCUT2D eigenvalue weighted by molar-refractivity contribution is -0.145. The van der Waals surface area contributed by atoms with Crippen LogP contribution in [0.1, 0.15) is 70.1 Å². The van der Waals surface area contributed by atoms with Gasteiger partial charge in [-0.3, -0.25) is 0 Å². The average molecular weight is 288 g/mol. The zero-order chi connectivity index (χ0) is 15.7. The van der Waals surface area contributed by atoms with E-state index in [1.165, 1.54) is 24.8 Å². The minimum absolute atomic E-state index is 0.156. The highest BCUT2D eigenvalue weighted by atomic mass is 16.5. The van der Waals surface area contributed by atoms with Crippen molar-refractivity contribution in [3.8, 4) is 0 Å². The van der Waals surface area contributed by atoms with Gasteiger partial charge in [0.1, 0.15) is 6.10 Å². The van der Waals surface area contributed by atoms with Gasteiger partial charge in [-0.05, 0) is 37.3 Å². The third-order valence-electron chi connectivity index (χ3n) is 3.68. The molecule has 2 nitrogen and oxygen atoms in total. The number of esters is 1. The summed E-state index contributed by atoms with van der Waals surface area (Å²) in [6.07, 6.45) is 6.45. The molecule has 0 spiro atoms. The first kappa shape index (κ1) is 17.5. The van der Waals surface area contributed by atoms with Gasteiger partial charge < -0.3 is 4.74 Å². The van der Waals surface area contributed by atoms with Gasteiger partial charge in [0.05, 0.1) is 0 Å². The Morgan fingerprint density at radius 2 is 1.81 bits per heavy atom. The highest BCUT2D eigenvalue weighted by Crippen LogP contribution is 2.25. The van der Waals surface area contributed by atoms with Crippen molar-refractivity contribution < 1.29 is 9.53 Å². The standard InChI is InChI=1S/C19H28O2/c1-5-7-8-9-10-18(21-19(20)15(3)4)17-13-11-16(6-2)12-14-17/h11-14,18H,3,5-10H2,1-2,4H3. The minimum atomic E-state index is -0.296. The highest BCUT2D eigenvalue weighted by Gasteiger charge is 2.16. The number of carbonyl (C=O) groups is 1. The molecule has 0 saturated heterocycles. The number of hydrogen-bond acceptors (Lipinski definition) is 2. The van der Waals surface area contributed by atoms with Gasteiger partial charge in [-0.1, -0.05) is 64.0 Å². The fourth-order valence-corrected chi connectivity index (χ4v) is 2.25. The van der Waals surface area contributed by atoms with Crippen LogP contribution in [-0.2, 0) is 16.0 Å². The number of benzene rings is 1. The van der Waals surface area contributed by atoms with Crippen LogP contribution in [0.5, 0.6) is 0 Å². The summed E-state index contributed by atoms with van der Waals surface area (Å²) in [7, 11) is 0. The van der Waals surface area contributed by atoms with Crippen LogP contribution in [-0.4, -0.2) is 5.97 Å². The van der Waals surface area contributed by atoms with Crippen LogP contribution in [0, 0.1) is 0 Å². The summed E-state index contributed by atoms with van der Waals surface area (Å²) in [5.74, 6) is -0.296. The molecule has 0 heterocycles. The Morgan fingerprint density at radius 1 is 1.14 bits per heavy atom. The minimum Gasteiger partial charge on any atom is -0.454 e. The lowest BCUT2D eigenvalue weighted by Gasteiger charge is -2.19. The fourth-order valence-electron chi connectivity index (χ4n) is 2.25. The second kappa shape index (κ2) is 9.38. The molecule has 0 aromatic heterocycles. The number of unbranched alkanes of at least 4 members (excludes halogenated alkanes) is 3. The number of aryl methyl sites for hydroxylation is 1. The predicted octanol–water partition coefficient (Wildman–Crippen LogP) is 5.38. The maximum absolute atomic E-state index is 11.8. The van der Waals surface area contributed by atoms with Crippen LogP contribution in [0.2, 0.25) is 0 Å². The predicted molar refractivity (Wildman–Crippen MR) is 88.2 cm³/mol. The van der Waals surface area contributed by atoms with Gasteiger partial charge in [0, 0.05) is 5.57 Å². The first-order valence-corrected chi connectivity index (χ1v) is 8.03. The Hall–Kier alpha value is -1.57. The topological polar surface area (TPSA) is 26.3 Å². The molecule has 0 saturated carbocycles. The molecule has 2 heteroatoms. The first-order valence-electron chi connectivity index (χ1n) is 8.03. The van der Waals surface area contributed by atoms with Crippen LogP contribution in [0.3, 0.4) is 0 Å². The molecule has 1 unspecified atom stereocenters. The number of hydrogen-bond donors (Lipinski definition) is 0. The fraction of sp³-hybridized carbons (Fsp3) is 0.526. The molecule has 0 aliphatic rings. The molecule has 0 aliphatic carbocycles. The second-order valence-corrected chi connectivity index (χ2v) is 5.62. The van der Waals surface area contributed by atoms with Crippen molar-refractivity contribution in [3.05, 3.63) is 47.5 Å². The second-order valence-electron chi connectivity index (χ2n) is 5.62. The average Bonchev–Trinajstić information content (AvgIpc) is 2.50. The van der Waals surface area contributed by atoms with E-state index in [2.05, 4.69) is 44.7 Å². The van der Waals surface area contributed by atoms with E-state index >= 15 is 0 Å². The van der Waals surface area contributed by atoms with Crippen molar-refractivity contribution in [3.63, 3.8) is 0 Å². The Morgan fingerprint density at radius 3 is 2.33 bits per heavy atom. The van der Waals surface area contributed by atoms with Gasteiger partial charge in [0.15, 0.2) is 0 Å². The molecule has 1 aromatic carbocycles. The van der Waals surface area contributed by atoms with E-state index in [0.29, 0.717) is 5.57 Å². The zero-order valence-corrected chi connectivity index (χ0v) is 13.7. The first-order chi connectivity index (χ1) is 10.1. The maximum atomic E-state index is 11.8. The lowest BCUT2D eigenvalue weighted by Crippen LogP contribution is -2.12. The normalized spacial score (nSPS) is 12.0. The summed E-state index contributed by atoms with van der Waals surface area (Å²) < 4.78 is 5.61. The van der Waals surface area contributed by atoms with Gasteiger partial charge in [-0.25, -0.2) is 4.79 Å². The molecule has 0 bridgehead atoms. The third-order valence-corrected chi connectivity index (χ3v) is 3.68. The number of carbonyl (C=O) groups excluding carboxylic acids is 1. The van der Waals surface area contributed by atoms with Crippen molar-refractivity contribution in [1.29, 1.82) is 0 Å². The van der Waals surface area contributed by atoms with Gasteiger partial charge >= 0.3 is 5.97 Å². The van der Waals surface area contributed by atoms with E-state index in [4.69, 9.17) is 4.74 Å². The van der Waals surface area contributed by atoms with E-state index in [1.807, 2.05) is 0 Å². The number of rotatable bonds is 9. The molecule has 0 aliphatic heterocycles. The molecule has 0 radical (unpaired) electrons. The SMILES string of the molecule is C=C(C)C(=O)OC(CCCCCC)c1ccc(CC)cc1. The van der Waals surface area contributed by atoms with Crippen molar-refractivity contribution in [2.45, 2.75) is 65.4 Å². The molecule has 0 amide bonds. The van der Waals surface area contributed by atoms with Crippen LogP contribution < -0.4 is 0 Å². The van der Waals surface area contributed by atoms with Crippen molar-refractivity contribution >= 4 is 5.97 Å². The highest BCUT2D eigenvalue weighted by molar-refractivity contribution is 5.87. The molecular weight excluding hydrogens is 260 g/mol. The monoisotopic (exact) mass is 288 g/mol. The zero-order valence-electron chi connectivity index (χ0n) is 13.7. The summed E-state index contributed by atoms with van der Waals surface area (Å²) in [6, 6.07) is 8.38. The summed E-state index contributed by atoms with van der Waals surface area (Å²) in [5, 5.41) is 0. The Bertz CT molecular complexity index is 445. The molecule has 1 aromatic rings. The maximum Gasteiger partial charge on any atom is 0.333 e. The van der Waals surface area contributed by atoms with E-state index in [0.717, 1.165) is 24.8 Å². The van der Waals surface area contributed by atoms with Crippen LogP contribution >= 0.6 is 0 Å². The van der Waals surface area contributed by atoms with Crippen molar-refractivity contribution in [2.75, 3.05) is 0 Å². The van der Waals surface area contributed by atoms with Crippen LogP contribution in [0.15, 0.2) is 36.4 Å². The molecule has 21 heavy (non-hydrogen) atoms. The van der Waals surface area contributed by atoms with Gasteiger partial charge in [0.2, 0.25) is 0 Å². The summed E-state index contributed by atoms with van der Waals surface area (Å²) in [6.45, 7) is 9.69. The summed E-state index contributed by atoms with van der Waals surface area (Å²) in [4.78, 5) is 11.8.